The predicted octanol–water partition coefficient (Wildman–Crippen LogP) is 2.54. The van der Waals surface area contributed by atoms with Crippen LogP contribution in [0.2, 0.25) is 0 Å². The van der Waals surface area contributed by atoms with Crippen molar-refractivity contribution < 1.29 is 13.5 Å². The number of nitrogens with zero attached hydrogens (tertiary/aromatic N) is 4. The van der Waals surface area contributed by atoms with E-state index >= 15 is 0 Å². The highest BCUT2D eigenvalue weighted by atomic mass is 19.1. The molecule has 2 N–H and O–H groups in total. The summed E-state index contributed by atoms with van der Waals surface area (Å²) in [5.41, 5.74) is 2.77. The molecule has 2 atom stereocenters. The van der Waals surface area contributed by atoms with Gasteiger partial charge >= 0.3 is 0 Å². The van der Waals surface area contributed by atoms with Crippen molar-refractivity contribution in [1.82, 2.24) is 24.9 Å². The second kappa shape index (κ2) is 6.66. The third-order valence-corrected chi connectivity index (χ3v) is 5.26. The van der Waals surface area contributed by atoms with Gasteiger partial charge in [-0.15, -0.1) is 0 Å². The van der Waals surface area contributed by atoms with Gasteiger partial charge in [0.2, 0.25) is 0 Å². The molecule has 2 fully saturated rings. The van der Waals surface area contributed by atoms with Crippen molar-refractivity contribution in [2.45, 2.75) is 31.0 Å². The van der Waals surface area contributed by atoms with E-state index < -0.39 is 18.0 Å². The zero-order valence-electron chi connectivity index (χ0n) is 15.3. The summed E-state index contributed by atoms with van der Waals surface area (Å²) in [7, 11) is 1.62. The van der Waals surface area contributed by atoms with E-state index in [1.807, 2.05) is 0 Å². The third kappa shape index (κ3) is 2.95. The molecule has 28 heavy (non-hydrogen) atoms. The van der Waals surface area contributed by atoms with E-state index in [-0.39, 0.29) is 12.4 Å². The molecule has 7 nitrogen and oxygen atoms in total. The average Bonchev–Trinajstić information content (AvgIpc) is 3.35. The molecule has 0 spiro atoms. The molecule has 1 saturated carbocycles. The lowest BCUT2D eigenvalue weighted by molar-refractivity contribution is 0.342. The first-order valence-electron chi connectivity index (χ1n) is 9.34. The number of anilines is 1. The van der Waals surface area contributed by atoms with Crippen molar-refractivity contribution in [2.24, 2.45) is 0 Å². The highest BCUT2D eigenvalue weighted by Crippen LogP contribution is 2.43. The normalized spacial score (nSPS) is 22.0. The molecule has 1 aliphatic heterocycles. The summed E-state index contributed by atoms with van der Waals surface area (Å²) in [4.78, 5) is 9.15. The van der Waals surface area contributed by atoms with Crippen LogP contribution >= 0.6 is 0 Å². The molecule has 2 unspecified atom stereocenters. The zero-order chi connectivity index (χ0) is 19.3. The van der Waals surface area contributed by atoms with Gasteiger partial charge in [0.25, 0.3) is 0 Å². The van der Waals surface area contributed by atoms with Crippen molar-refractivity contribution in [3.05, 3.63) is 36.0 Å². The molecule has 0 bridgehead atoms. The van der Waals surface area contributed by atoms with Crippen LogP contribution in [0, 0.1) is 5.82 Å². The van der Waals surface area contributed by atoms with Crippen LogP contribution in [0.15, 0.2) is 24.5 Å². The van der Waals surface area contributed by atoms with Crippen LogP contribution in [-0.2, 0) is 0 Å². The smallest absolute Gasteiger partial charge is 0.165 e. The second-order valence-corrected chi connectivity index (χ2v) is 7.25. The Morgan fingerprint density at radius 1 is 1.25 bits per heavy atom. The maximum absolute atomic E-state index is 14.3. The minimum atomic E-state index is -1.09. The van der Waals surface area contributed by atoms with Crippen LogP contribution in [0.1, 0.15) is 24.5 Å². The van der Waals surface area contributed by atoms with Gasteiger partial charge in [-0.25, -0.2) is 23.3 Å². The highest BCUT2D eigenvalue weighted by molar-refractivity contribution is 5.75. The summed E-state index contributed by atoms with van der Waals surface area (Å²) in [6.45, 7) is 0.679. The minimum absolute atomic E-state index is 0.0316. The number of fused-ring (bicyclic) bond motifs is 1. The molecule has 1 aliphatic carbocycles. The van der Waals surface area contributed by atoms with E-state index in [9.17, 15) is 8.78 Å². The Morgan fingerprint density at radius 3 is 2.82 bits per heavy atom. The number of aromatic nitrogens is 4. The molecule has 2 aliphatic rings. The number of methoxy groups -OCH3 is 1. The van der Waals surface area contributed by atoms with Gasteiger partial charge in [0.15, 0.2) is 23.0 Å². The lowest BCUT2D eigenvalue weighted by Crippen LogP contribution is -2.30. The zero-order valence-corrected chi connectivity index (χ0v) is 15.3. The lowest BCUT2D eigenvalue weighted by atomic mass is 10.2. The van der Waals surface area contributed by atoms with Crippen molar-refractivity contribution in [3.8, 4) is 17.0 Å². The van der Waals surface area contributed by atoms with Crippen molar-refractivity contribution >= 4 is 11.5 Å². The quantitative estimate of drug-likeness (QED) is 0.702. The van der Waals surface area contributed by atoms with Crippen LogP contribution in [0.25, 0.3) is 16.9 Å². The van der Waals surface area contributed by atoms with Crippen LogP contribution in [0.4, 0.5) is 14.6 Å². The molecule has 3 aromatic rings. The third-order valence-electron chi connectivity index (χ3n) is 5.26. The number of nitrogens with one attached hydrogen (secondary N) is 2. The van der Waals surface area contributed by atoms with Gasteiger partial charge in [0.1, 0.15) is 6.17 Å². The largest absolute Gasteiger partial charge is 0.493 e. The lowest BCUT2D eigenvalue weighted by Gasteiger charge is -2.15. The highest BCUT2D eigenvalue weighted by Gasteiger charge is 2.30. The number of alkyl halides is 1. The van der Waals surface area contributed by atoms with Crippen LogP contribution in [0.5, 0.6) is 5.75 Å². The van der Waals surface area contributed by atoms with Crippen molar-refractivity contribution in [1.29, 1.82) is 0 Å². The molecule has 146 valence electrons. The standard InChI is InChI=1S/C19H20F2N6O/c1-28-16-9-27-19(26-17(16)10-2-3-10)11(6-23-27)14-5-4-12(20)18(24-14)25-15-8-22-7-13(15)21/h4-6,9-10,13,15,22H,2-3,7-8H2,1H3,(H,24,25). The molecule has 4 heterocycles. The first kappa shape index (κ1) is 17.3. The van der Waals surface area contributed by atoms with Crippen LogP contribution in [-0.4, -0.2) is 52.0 Å². The summed E-state index contributed by atoms with van der Waals surface area (Å²) in [6, 6.07) is 2.40. The van der Waals surface area contributed by atoms with Gasteiger partial charge in [0, 0.05) is 19.0 Å². The first-order chi connectivity index (χ1) is 13.6. The first-order valence-corrected chi connectivity index (χ1v) is 9.34. The fourth-order valence-electron chi connectivity index (χ4n) is 3.55. The number of hydrogen-bond acceptors (Lipinski definition) is 6. The minimum Gasteiger partial charge on any atom is -0.493 e. The molecule has 0 amide bonds. The van der Waals surface area contributed by atoms with Crippen LogP contribution in [0.3, 0.4) is 0 Å². The summed E-state index contributed by atoms with van der Waals surface area (Å²) >= 11 is 0. The van der Waals surface area contributed by atoms with Gasteiger partial charge in [-0.1, -0.05) is 0 Å². The van der Waals surface area contributed by atoms with E-state index in [0.717, 1.165) is 18.5 Å². The second-order valence-electron chi connectivity index (χ2n) is 7.25. The SMILES string of the molecule is COc1cn2ncc(-c3ccc(F)c(NC4CNCC4F)n3)c2nc1C1CC1. The Hall–Kier alpha value is -2.81. The molecule has 0 aromatic carbocycles. The fourth-order valence-corrected chi connectivity index (χ4v) is 3.55. The van der Waals surface area contributed by atoms with Gasteiger partial charge in [-0.2, -0.15) is 5.10 Å². The molecule has 1 saturated heterocycles. The van der Waals surface area contributed by atoms with E-state index in [1.54, 1.807) is 30.1 Å². The summed E-state index contributed by atoms with van der Waals surface area (Å²) in [6.07, 6.45) is 4.55. The summed E-state index contributed by atoms with van der Waals surface area (Å²) in [5, 5.41) is 10.2. The van der Waals surface area contributed by atoms with E-state index in [4.69, 9.17) is 9.72 Å². The maximum atomic E-state index is 14.3. The van der Waals surface area contributed by atoms with Gasteiger partial charge in [0.05, 0.1) is 42.5 Å². The van der Waals surface area contributed by atoms with E-state index in [0.29, 0.717) is 35.1 Å². The number of ether oxygens (including phenoxy) is 1. The molecular weight excluding hydrogens is 366 g/mol. The average molecular weight is 386 g/mol. The Kier molecular flexibility index (Phi) is 4.12. The fraction of sp³-hybridized carbons (Fsp3) is 0.421. The Balaban J connectivity index is 1.54. The number of halogens is 2. The van der Waals surface area contributed by atoms with Gasteiger partial charge in [-0.05, 0) is 25.0 Å². The maximum Gasteiger partial charge on any atom is 0.165 e. The van der Waals surface area contributed by atoms with Crippen LogP contribution < -0.4 is 15.4 Å². The van der Waals surface area contributed by atoms with Gasteiger partial charge < -0.3 is 15.4 Å². The predicted molar refractivity (Wildman–Crippen MR) is 99.9 cm³/mol. The summed E-state index contributed by atoms with van der Waals surface area (Å²) in [5.74, 6) is 0.621. The molecular formula is C19H20F2N6O. The number of hydrogen-bond donors (Lipinski definition) is 2. The topological polar surface area (TPSA) is 76.4 Å². The number of rotatable bonds is 5. The van der Waals surface area contributed by atoms with E-state index in [1.165, 1.54) is 6.07 Å². The monoisotopic (exact) mass is 386 g/mol. The van der Waals surface area contributed by atoms with Gasteiger partial charge in [-0.3, -0.25) is 0 Å². The summed E-state index contributed by atoms with van der Waals surface area (Å²) < 4.78 is 35.2. The Morgan fingerprint density at radius 2 is 2.11 bits per heavy atom. The van der Waals surface area contributed by atoms with E-state index in [2.05, 4.69) is 20.7 Å². The molecule has 9 heteroatoms. The molecule has 0 radical (unpaired) electrons. The molecule has 3 aromatic heterocycles. The Labute approximate surface area is 160 Å². The van der Waals surface area contributed by atoms with Crippen molar-refractivity contribution in [2.75, 3.05) is 25.5 Å². The van der Waals surface area contributed by atoms with Crippen molar-refractivity contribution in [3.63, 3.8) is 0 Å². The Bertz CT molecular complexity index is 1030. The molecule has 5 rings (SSSR count). The number of pyridine rings is 1.